The first kappa shape index (κ1) is 12.7. The maximum Gasteiger partial charge on any atom is 0.492 e. The lowest BCUT2D eigenvalue weighted by molar-refractivity contribution is -0.150. The minimum absolute atomic E-state index is 0.00102. The van der Waals surface area contributed by atoms with E-state index in [4.69, 9.17) is 9.47 Å². The number of hydrogen-bond acceptors (Lipinski definition) is 7. The summed E-state index contributed by atoms with van der Waals surface area (Å²) in [5, 5.41) is 28.4. The molecule has 1 aromatic rings. The SMILES string of the molecule is COC(=O)C(O)c1ccc2c(c1B(O)O)OCO2. The molecule has 1 aromatic carbocycles. The van der Waals surface area contributed by atoms with Crippen molar-refractivity contribution in [1.82, 2.24) is 0 Å². The summed E-state index contributed by atoms with van der Waals surface area (Å²) in [6, 6.07) is 2.82. The highest BCUT2D eigenvalue weighted by Crippen LogP contribution is 2.32. The van der Waals surface area contributed by atoms with Crippen molar-refractivity contribution in [3.05, 3.63) is 17.7 Å². The van der Waals surface area contributed by atoms with Gasteiger partial charge in [0.15, 0.2) is 17.6 Å². The first-order valence-electron chi connectivity index (χ1n) is 5.10. The molecule has 1 heterocycles. The average molecular weight is 254 g/mol. The second-order valence-corrected chi connectivity index (χ2v) is 3.60. The molecule has 0 amide bonds. The summed E-state index contributed by atoms with van der Waals surface area (Å²) in [5.74, 6) is -0.486. The Morgan fingerprint density at radius 2 is 2.17 bits per heavy atom. The van der Waals surface area contributed by atoms with Crippen LogP contribution in [0.4, 0.5) is 0 Å². The molecule has 96 valence electrons. The van der Waals surface area contributed by atoms with Gasteiger partial charge in [0.25, 0.3) is 0 Å². The number of aliphatic hydroxyl groups excluding tert-OH is 1. The summed E-state index contributed by atoms with van der Waals surface area (Å²) in [5.41, 5.74) is -0.107. The molecule has 18 heavy (non-hydrogen) atoms. The molecule has 1 aliphatic rings. The topological polar surface area (TPSA) is 105 Å². The van der Waals surface area contributed by atoms with Gasteiger partial charge in [-0.05, 0) is 11.6 Å². The molecule has 2 rings (SSSR count). The maximum absolute atomic E-state index is 11.3. The molecule has 0 saturated carbocycles. The van der Waals surface area contributed by atoms with Crippen LogP contribution in [0.5, 0.6) is 11.5 Å². The van der Waals surface area contributed by atoms with Crippen molar-refractivity contribution in [2.24, 2.45) is 0 Å². The van der Waals surface area contributed by atoms with Gasteiger partial charge in [0.1, 0.15) is 0 Å². The van der Waals surface area contributed by atoms with Crippen LogP contribution < -0.4 is 14.9 Å². The van der Waals surface area contributed by atoms with E-state index in [2.05, 4.69) is 4.74 Å². The van der Waals surface area contributed by atoms with E-state index in [1.165, 1.54) is 12.1 Å². The van der Waals surface area contributed by atoms with Crippen molar-refractivity contribution in [3.63, 3.8) is 0 Å². The normalized spacial score (nSPS) is 14.2. The molecule has 1 aliphatic heterocycles. The van der Waals surface area contributed by atoms with E-state index >= 15 is 0 Å². The molecule has 0 aliphatic carbocycles. The lowest BCUT2D eigenvalue weighted by Gasteiger charge is -2.15. The van der Waals surface area contributed by atoms with Crippen molar-refractivity contribution >= 4 is 18.6 Å². The van der Waals surface area contributed by atoms with Crippen molar-refractivity contribution < 1.29 is 34.2 Å². The smallest absolute Gasteiger partial charge is 0.467 e. The third kappa shape index (κ3) is 2.01. The predicted octanol–water partition coefficient (Wildman–Crippen LogP) is -1.70. The molecular formula is C10H11BO7. The fraction of sp³-hybridized carbons (Fsp3) is 0.300. The molecule has 0 saturated heterocycles. The number of hydrogen-bond donors (Lipinski definition) is 3. The van der Waals surface area contributed by atoms with Gasteiger partial charge in [-0.25, -0.2) is 4.79 Å². The molecule has 3 N–H and O–H groups in total. The van der Waals surface area contributed by atoms with Crippen LogP contribution in [0.2, 0.25) is 0 Å². The molecule has 0 fully saturated rings. The van der Waals surface area contributed by atoms with Crippen molar-refractivity contribution in [2.75, 3.05) is 13.9 Å². The highest BCUT2D eigenvalue weighted by molar-refractivity contribution is 6.60. The first-order chi connectivity index (χ1) is 8.56. The summed E-state index contributed by atoms with van der Waals surface area (Å²) >= 11 is 0. The molecule has 8 heteroatoms. The number of carbonyl (C=O) groups excluding carboxylic acids is 1. The largest absolute Gasteiger partial charge is 0.492 e. The van der Waals surface area contributed by atoms with Gasteiger partial charge in [-0.1, -0.05) is 6.07 Å². The van der Waals surface area contributed by atoms with E-state index < -0.39 is 19.2 Å². The fourth-order valence-corrected chi connectivity index (χ4v) is 1.75. The lowest BCUT2D eigenvalue weighted by atomic mass is 9.74. The Balaban J connectivity index is 2.51. The Hall–Kier alpha value is -1.77. The zero-order chi connectivity index (χ0) is 13.3. The summed E-state index contributed by atoms with van der Waals surface area (Å²) in [6.45, 7) is -0.0627. The monoisotopic (exact) mass is 254 g/mol. The minimum Gasteiger partial charge on any atom is -0.467 e. The van der Waals surface area contributed by atoms with Crippen molar-refractivity contribution in [2.45, 2.75) is 6.10 Å². The van der Waals surface area contributed by atoms with Gasteiger partial charge in [0.05, 0.1) is 7.11 Å². The van der Waals surface area contributed by atoms with Crippen LogP contribution in [0.3, 0.4) is 0 Å². The third-order valence-electron chi connectivity index (χ3n) is 2.59. The number of ether oxygens (including phenoxy) is 3. The number of carbonyl (C=O) groups is 1. The van der Waals surface area contributed by atoms with E-state index in [0.717, 1.165) is 7.11 Å². The Bertz CT molecular complexity index is 474. The van der Waals surface area contributed by atoms with E-state index in [0.29, 0.717) is 5.75 Å². The zero-order valence-corrected chi connectivity index (χ0v) is 9.49. The molecule has 0 spiro atoms. The van der Waals surface area contributed by atoms with E-state index in [1.807, 2.05) is 0 Å². The van der Waals surface area contributed by atoms with E-state index in [1.54, 1.807) is 0 Å². The number of fused-ring (bicyclic) bond motifs is 1. The number of methoxy groups -OCH3 is 1. The fourth-order valence-electron chi connectivity index (χ4n) is 1.75. The van der Waals surface area contributed by atoms with Crippen molar-refractivity contribution in [1.29, 1.82) is 0 Å². The molecule has 0 aromatic heterocycles. The minimum atomic E-state index is -1.91. The quantitative estimate of drug-likeness (QED) is 0.436. The maximum atomic E-state index is 11.3. The Labute approximate surface area is 103 Å². The molecule has 7 nitrogen and oxygen atoms in total. The van der Waals surface area contributed by atoms with Crippen LogP contribution in [0.1, 0.15) is 11.7 Å². The predicted molar refractivity (Wildman–Crippen MR) is 59.4 cm³/mol. The number of esters is 1. The molecular weight excluding hydrogens is 243 g/mol. The van der Waals surface area contributed by atoms with Gasteiger partial charge in [0.2, 0.25) is 6.79 Å². The van der Waals surface area contributed by atoms with E-state index in [9.17, 15) is 19.9 Å². The summed E-state index contributed by atoms with van der Waals surface area (Å²) in [7, 11) is -0.788. The van der Waals surface area contributed by atoms with Gasteiger partial charge in [-0.15, -0.1) is 0 Å². The second kappa shape index (κ2) is 4.85. The van der Waals surface area contributed by atoms with Gasteiger partial charge in [-0.2, -0.15) is 0 Å². The van der Waals surface area contributed by atoms with Gasteiger partial charge < -0.3 is 29.4 Å². The van der Waals surface area contributed by atoms with Crippen LogP contribution in [0.15, 0.2) is 12.1 Å². The van der Waals surface area contributed by atoms with Crippen LogP contribution >= 0.6 is 0 Å². The number of rotatable bonds is 3. The second-order valence-electron chi connectivity index (χ2n) is 3.60. The van der Waals surface area contributed by atoms with Crippen LogP contribution in [0.25, 0.3) is 0 Å². The van der Waals surface area contributed by atoms with Crippen molar-refractivity contribution in [3.8, 4) is 11.5 Å². The Morgan fingerprint density at radius 1 is 1.44 bits per heavy atom. The summed E-state index contributed by atoms with van der Waals surface area (Å²) in [6.07, 6.45) is -1.62. The number of aliphatic hydroxyl groups is 1. The van der Waals surface area contributed by atoms with Crippen LogP contribution in [-0.2, 0) is 9.53 Å². The first-order valence-corrected chi connectivity index (χ1v) is 5.10. The highest BCUT2D eigenvalue weighted by Gasteiger charge is 2.33. The molecule has 0 radical (unpaired) electrons. The molecule has 1 atom stereocenters. The number of benzene rings is 1. The average Bonchev–Trinajstić information content (AvgIpc) is 2.83. The van der Waals surface area contributed by atoms with E-state index in [-0.39, 0.29) is 23.6 Å². The molecule has 1 unspecified atom stereocenters. The summed E-state index contributed by atoms with van der Waals surface area (Å²) < 4.78 is 14.6. The van der Waals surface area contributed by atoms with Crippen LogP contribution in [0, 0.1) is 0 Å². The Kier molecular flexibility index (Phi) is 3.42. The van der Waals surface area contributed by atoms with Gasteiger partial charge >= 0.3 is 13.1 Å². The van der Waals surface area contributed by atoms with Gasteiger partial charge in [0, 0.05) is 5.46 Å². The van der Waals surface area contributed by atoms with Crippen LogP contribution in [-0.4, -0.2) is 42.1 Å². The third-order valence-corrected chi connectivity index (χ3v) is 2.59. The lowest BCUT2D eigenvalue weighted by Crippen LogP contribution is -2.36. The standard InChI is InChI=1S/C10H11BO7/c1-16-10(13)8(12)5-2-3-6-9(18-4-17-6)7(5)11(14)15/h2-3,8,12,14-15H,4H2,1H3. The summed E-state index contributed by atoms with van der Waals surface area (Å²) in [4.78, 5) is 11.3. The van der Waals surface area contributed by atoms with Gasteiger partial charge in [-0.3, -0.25) is 0 Å². The Morgan fingerprint density at radius 3 is 2.78 bits per heavy atom. The highest BCUT2D eigenvalue weighted by atomic mass is 16.7. The zero-order valence-electron chi connectivity index (χ0n) is 9.49. The molecule has 0 bridgehead atoms.